The Kier molecular flexibility index (Phi) is 5.37. The minimum Gasteiger partial charge on any atom is -0.468 e. The lowest BCUT2D eigenvalue weighted by Gasteiger charge is -2.35. The largest absolute Gasteiger partial charge is 0.468 e. The highest BCUT2D eigenvalue weighted by Gasteiger charge is 2.39. The molecule has 0 atom stereocenters. The number of rotatable bonds is 5. The van der Waals surface area contributed by atoms with Crippen molar-refractivity contribution < 1.29 is 19.1 Å². The standard InChI is InChI=1S/C11H20N2O4/c1-16-8-11(3-5-12-6-4-11)10(15)13-7-9(14)17-2/h12H,3-8H2,1-2H3,(H,13,15). The Morgan fingerprint density at radius 1 is 1.29 bits per heavy atom. The van der Waals surface area contributed by atoms with E-state index in [2.05, 4.69) is 15.4 Å². The van der Waals surface area contributed by atoms with Crippen molar-refractivity contribution in [2.75, 3.05) is 40.5 Å². The van der Waals surface area contributed by atoms with Gasteiger partial charge in [0.2, 0.25) is 5.91 Å². The van der Waals surface area contributed by atoms with Crippen molar-refractivity contribution >= 4 is 11.9 Å². The average molecular weight is 244 g/mol. The second-order valence-corrected chi connectivity index (χ2v) is 4.22. The van der Waals surface area contributed by atoms with Gasteiger partial charge in [0.1, 0.15) is 6.54 Å². The van der Waals surface area contributed by atoms with Crippen LogP contribution in [0.3, 0.4) is 0 Å². The van der Waals surface area contributed by atoms with Gasteiger partial charge in [0.15, 0.2) is 0 Å². The molecule has 1 aliphatic rings. The van der Waals surface area contributed by atoms with E-state index in [-0.39, 0.29) is 12.5 Å². The number of amides is 1. The molecule has 1 fully saturated rings. The fourth-order valence-electron chi connectivity index (χ4n) is 2.03. The molecule has 1 rings (SSSR count). The second kappa shape index (κ2) is 6.56. The Balaban J connectivity index is 2.56. The molecular formula is C11H20N2O4. The summed E-state index contributed by atoms with van der Waals surface area (Å²) >= 11 is 0. The molecule has 1 aliphatic heterocycles. The van der Waals surface area contributed by atoms with Crippen LogP contribution < -0.4 is 10.6 Å². The van der Waals surface area contributed by atoms with E-state index in [1.54, 1.807) is 7.11 Å². The van der Waals surface area contributed by atoms with Gasteiger partial charge >= 0.3 is 5.97 Å². The summed E-state index contributed by atoms with van der Waals surface area (Å²) < 4.78 is 9.62. The highest BCUT2D eigenvalue weighted by Crippen LogP contribution is 2.29. The van der Waals surface area contributed by atoms with Gasteiger partial charge in [0, 0.05) is 7.11 Å². The van der Waals surface area contributed by atoms with E-state index < -0.39 is 11.4 Å². The maximum atomic E-state index is 12.1. The van der Waals surface area contributed by atoms with Crippen LogP contribution in [0.4, 0.5) is 0 Å². The molecule has 0 aromatic heterocycles. The molecule has 1 amide bonds. The Hall–Kier alpha value is -1.14. The molecule has 0 radical (unpaired) electrons. The van der Waals surface area contributed by atoms with Crippen LogP contribution in [0.1, 0.15) is 12.8 Å². The normalized spacial score (nSPS) is 18.5. The van der Waals surface area contributed by atoms with Crippen LogP contribution in [0, 0.1) is 5.41 Å². The number of esters is 1. The first-order chi connectivity index (χ1) is 8.14. The van der Waals surface area contributed by atoms with Crippen LogP contribution in [0.5, 0.6) is 0 Å². The zero-order chi connectivity index (χ0) is 12.7. The Labute approximate surface area is 101 Å². The molecule has 0 saturated carbocycles. The number of piperidine rings is 1. The average Bonchev–Trinajstić information content (AvgIpc) is 2.36. The quantitative estimate of drug-likeness (QED) is 0.625. The summed E-state index contributed by atoms with van der Waals surface area (Å²) in [5.41, 5.74) is -0.520. The number of carbonyl (C=O) groups is 2. The van der Waals surface area contributed by atoms with Gasteiger partial charge in [-0.3, -0.25) is 9.59 Å². The fourth-order valence-corrected chi connectivity index (χ4v) is 2.03. The van der Waals surface area contributed by atoms with E-state index in [9.17, 15) is 9.59 Å². The van der Waals surface area contributed by atoms with Gasteiger partial charge in [0.05, 0.1) is 19.1 Å². The smallest absolute Gasteiger partial charge is 0.325 e. The fraction of sp³-hybridized carbons (Fsp3) is 0.818. The van der Waals surface area contributed by atoms with Gasteiger partial charge in [-0.15, -0.1) is 0 Å². The van der Waals surface area contributed by atoms with E-state index in [4.69, 9.17) is 4.74 Å². The third kappa shape index (κ3) is 3.67. The van der Waals surface area contributed by atoms with Crippen LogP contribution in [-0.2, 0) is 19.1 Å². The molecule has 6 heteroatoms. The topological polar surface area (TPSA) is 76.7 Å². The number of carbonyl (C=O) groups excluding carboxylic acids is 2. The molecule has 0 aromatic carbocycles. The molecule has 17 heavy (non-hydrogen) atoms. The number of nitrogens with one attached hydrogen (secondary N) is 2. The van der Waals surface area contributed by atoms with Crippen molar-refractivity contribution in [3.05, 3.63) is 0 Å². The lowest BCUT2D eigenvalue weighted by Crippen LogP contribution is -2.51. The van der Waals surface area contributed by atoms with Gasteiger partial charge in [-0.1, -0.05) is 0 Å². The summed E-state index contributed by atoms with van der Waals surface area (Å²) in [5.74, 6) is -0.578. The molecule has 0 spiro atoms. The van der Waals surface area contributed by atoms with Crippen molar-refractivity contribution in [2.45, 2.75) is 12.8 Å². The minimum absolute atomic E-state index is 0.0891. The summed E-state index contributed by atoms with van der Waals surface area (Å²) in [5, 5.41) is 5.81. The van der Waals surface area contributed by atoms with Crippen LogP contribution >= 0.6 is 0 Å². The first-order valence-electron chi connectivity index (χ1n) is 5.69. The lowest BCUT2D eigenvalue weighted by molar-refractivity contribution is -0.144. The Morgan fingerprint density at radius 2 is 1.94 bits per heavy atom. The van der Waals surface area contributed by atoms with E-state index >= 15 is 0 Å². The van der Waals surface area contributed by atoms with Crippen LogP contribution in [0.2, 0.25) is 0 Å². The summed E-state index contributed by atoms with van der Waals surface area (Å²) in [6.07, 6.45) is 1.43. The summed E-state index contributed by atoms with van der Waals surface area (Å²) in [6.45, 7) is 1.86. The van der Waals surface area contributed by atoms with Crippen molar-refractivity contribution in [1.82, 2.24) is 10.6 Å². The number of ether oxygens (including phenoxy) is 2. The van der Waals surface area contributed by atoms with E-state index in [0.29, 0.717) is 19.4 Å². The molecule has 0 aromatic rings. The summed E-state index contributed by atoms with van der Waals surface area (Å²) in [6, 6.07) is 0. The third-order valence-electron chi connectivity index (χ3n) is 3.08. The highest BCUT2D eigenvalue weighted by atomic mass is 16.5. The third-order valence-corrected chi connectivity index (χ3v) is 3.08. The zero-order valence-corrected chi connectivity index (χ0v) is 10.4. The predicted molar refractivity (Wildman–Crippen MR) is 61.4 cm³/mol. The summed E-state index contributed by atoms with van der Waals surface area (Å²) in [7, 11) is 2.88. The predicted octanol–water partition coefficient (Wildman–Crippen LogP) is -0.708. The number of hydrogen-bond acceptors (Lipinski definition) is 5. The van der Waals surface area contributed by atoms with Gasteiger partial charge in [0.25, 0.3) is 0 Å². The van der Waals surface area contributed by atoms with Crippen molar-refractivity contribution in [2.24, 2.45) is 5.41 Å². The maximum absolute atomic E-state index is 12.1. The van der Waals surface area contributed by atoms with Gasteiger partial charge in [-0.25, -0.2) is 0 Å². The number of hydrogen-bond donors (Lipinski definition) is 2. The first kappa shape index (κ1) is 13.9. The lowest BCUT2D eigenvalue weighted by atomic mass is 9.78. The minimum atomic E-state index is -0.520. The van der Waals surface area contributed by atoms with Gasteiger partial charge < -0.3 is 20.1 Å². The van der Waals surface area contributed by atoms with Crippen LogP contribution in [-0.4, -0.2) is 52.3 Å². The van der Waals surface area contributed by atoms with E-state index in [0.717, 1.165) is 13.1 Å². The van der Waals surface area contributed by atoms with E-state index in [1.807, 2.05) is 0 Å². The van der Waals surface area contributed by atoms with Crippen molar-refractivity contribution in [3.63, 3.8) is 0 Å². The molecule has 1 saturated heterocycles. The molecule has 98 valence electrons. The van der Waals surface area contributed by atoms with Gasteiger partial charge in [-0.05, 0) is 25.9 Å². The van der Waals surface area contributed by atoms with Crippen molar-refractivity contribution in [1.29, 1.82) is 0 Å². The molecule has 1 heterocycles. The second-order valence-electron chi connectivity index (χ2n) is 4.22. The number of methoxy groups -OCH3 is 2. The van der Waals surface area contributed by atoms with Gasteiger partial charge in [-0.2, -0.15) is 0 Å². The summed E-state index contributed by atoms with van der Waals surface area (Å²) in [4.78, 5) is 23.1. The first-order valence-corrected chi connectivity index (χ1v) is 5.69. The molecule has 0 bridgehead atoms. The van der Waals surface area contributed by atoms with Crippen LogP contribution in [0.25, 0.3) is 0 Å². The monoisotopic (exact) mass is 244 g/mol. The molecule has 0 unspecified atom stereocenters. The molecular weight excluding hydrogens is 224 g/mol. The molecule has 2 N–H and O–H groups in total. The zero-order valence-electron chi connectivity index (χ0n) is 10.4. The highest BCUT2D eigenvalue weighted by molar-refractivity contribution is 5.86. The Morgan fingerprint density at radius 3 is 2.47 bits per heavy atom. The van der Waals surface area contributed by atoms with E-state index in [1.165, 1.54) is 7.11 Å². The molecule has 0 aliphatic carbocycles. The van der Waals surface area contributed by atoms with Crippen molar-refractivity contribution in [3.8, 4) is 0 Å². The Bertz CT molecular complexity index is 269. The maximum Gasteiger partial charge on any atom is 0.325 e. The van der Waals surface area contributed by atoms with Crippen LogP contribution in [0.15, 0.2) is 0 Å². The molecule has 6 nitrogen and oxygen atoms in total. The SMILES string of the molecule is COCC1(C(=O)NCC(=O)OC)CCNCC1.